The fourth-order valence-electron chi connectivity index (χ4n) is 3.14. The zero-order chi connectivity index (χ0) is 22.6. The van der Waals surface area contributed by atoms with Crippen molar-refractivity contribution in [2.75, 3.05) is 19.0 Å². The number of carbonyl (C=O) groups excluding carboxylic acids is 3. The molecule has 1 aromatic heterocycles. The summed E-state index contributed by atoms with van der Waals surface area (Å²) < 4.78 is 47.8. The van der Waals surface area contributed by atoms with Gasteiger partial charge in [-0.2, -0.15) is 13.2 Å². The van der Waals surface area contributed by atoms with Crippen molar-refractivity contribution in [1.29, 1.82) is 0 Å². The Morgan fingerprint density at radius 3 is 2.71 bits per heavy atom. The number of fused-ring (bicyclic) bond motifs is 1. The molecule has 1 amide bonds. The molecule has 0 atom stereocenters. The van der Waals surface area contributed by atoms with Crippen molar-refractivity contribution in [2.24, 2.45) is 0 Å². The maximum atomic E-state index is 12.7. The first kappa shape index (κ1) is 22.5. The number of nitrogens with one attached hydrogen (secondary N) is 1. The second kappa shape index (κ2) is 9.34. The molecule has 0 fully saturated rings. The second-order valence-electron chi connectivity index (χ2n) is 6.67. The van der Waals surface area contributed by atoms with Gasteiger partial charge in [0.25, 0.3) is 5.91 Å². The van der Waals surface area contributed by atoms with Crippen LogP contribution in [0.3, 0.4) is 0 Å². The number of anilines is 1. The number of carbonyl (C=O) groups is 3. The van der Waals surface area contributed by atoms with Crippen LogP contribution in [0.4, 0.5) is 18.2 Å². The van der Waals surface area contributed by atoms with E-state index in [-0.39, 0.29) is 5.56 Å². The Morgan fingerprint density at radius 1 is 1.23 bits per heavy atom. The molecule has 6 nitrogen and oxygen atoms in total. The second-order valence-corrected chi connectivity index (χ2v) is 7.77. The maximum absolute atomic E-state index is 12.7. The van der Waals surface area contributed by atoms with Crippen molar-refractivity contribution >= 4 is 40.3 Å². The summed E-state index contributed by atoms with van der Waals surface area (Å²) >= 11 is 1.29. The molecule has 0 radical (unpaired) electrons. The third-order valence-electron chi connectivity index (χ3n) is 4.54. The van der Waals surface area contributed by atoms with Gasteiger partial charge < -0.3 is 14.8 Å². The van der Waals surface area contributed by atoms with Crippen LogP contribution in [-0.2, 0) is 38.1 Å². The first-order valence-corrected chi connectivity index (χ1v) is 10.1. The molecule has 1 aliphatic rings. The van der Waals surface area contributed by atoms with Crippen LogP contribution in [0.25, 0.3) is 6.08 Å². The van der Waals surface area contributed by atoms with Gasteiger partial charge >= 0.3 is 18.1 Å². The molecule has 2 aromatic rings. The van der Waals surface area contributed by atoms with E-state index in [1.165, 1.54) is 30.6 Å². The number of halogens is 3. The minimum absolute atomic E-state index is 0.159. The quantitative estimate of drug-likeness (QED) is 0.523. The van der Waals surface area contributed by atoms with Gasteiger partial charge in [0.15, 0.2) is 6.61 Å². The topological polar surface area (TPSA) is 81.7 Å². The van der Waals surface area contributed by atoms with Crippen LogP contribution >= 0.6 is 11.3 Å². The van der Waals surface area contributed by atoms with Crippen molar-refractivity contribution < 1.29 is 37.0 Å². The van der Waals surface area contributed by atoms with E-state index in [4.69, 9.17) is 9.47 Å². The van der Waals surface area contributed by atoms with Gasteiger partial charge in [0, 0.05) is 11.0 Å². The van der Waals surface area contributed by atoms with Gasteiger partial charge in [-0.15, -0.1) is 11.3 Å². The highest BCUT2D eigenvalue weighted by molar-refractivity contribution is 7.17. The third-order valence-corrected chi connectivity index (χ3v) is 5.74. The standard InChI is InChI=1S/C21H18F3NO5S/c1-29-20(28)18-14-6-3-7-15(14)31-19(18)25-16(26)11-30-17(27)9-8-12-4-2-5-13(10-12)21(22,23)24/h2,4-5,8-10H,3,6-7,11H2,1H3,(H,25,26)/b9-8+. The Kier molecular flexibility index (Phi) is 6.79. The molecule has 3 rings (SSSR count). The molecule has 0 aliphatic heterocycles. The van der Waals surface area contributed by atoms with Crippen LogP contribution in [0.1, 0.15) is 38.3 Å². The van der Waals surface area contributed by atoms with Gasteiger partial charge in [-0.1, -0.05) is 12.1 Å². The number of alkyl halides is 3. The van der Waals surface area contributed by atoms with Gasteiger partial charge in [-0.25, -0.2) is 9.59 Å². The first-order chi connectivity index (χ1) is 14.7. The highest BCUT2D eigenvalue weighted by atomic mass is 32.1. The Labute approximate surface area is 179 Å². The smallest absolute Gasteiger partial charge is 0.416 e. The van der Waals surface area contributed by atoms with Gasteiger partial charge in [-0.05, 0) is 48.6 Å². The minimum atomic E-state index is -4.49. The van der Waals surface area contributed by atoms with Crippen LogP contribution in [0.5, 0.6) is 0 Å². The predicted octanol–water partition coefficient (Wildman–Crippen LogP) is 4.24. The molecule has 1 heterocycles. The van der Waals surface area contributed by atoms with E-state index in [1.807, 2.05) is 0 Å². The van der Waals surface area contributed by atoms with Crippen LogP contribution in [0, 0.1) is 0 Å². The van der Waals surface area contributed by atoms with Crippen molar-refractivity contribution in [3.8, 4) is 0 Å². The van der Waals surface area contributed by atoms with Crippen molar-refractivity contribution in [1.82, 2.24) is 0 Å². The molecular weight excluding hydrogens is 435 g/mol. The molecule has 0 spiro atoms. The fraction of sp³-hybridized carbons (Fsp3) is 0.286. The first-order valence-electron chi connectivity index (χ1n) is 9.24. The van der Waals surface area contributed by atoms with E-state index in [0.717, 1.165) is 54.0 Å². The Balaban J connectivity index is 1.58. The lowest BCUT2D eigenvalue weighted by molar-refractivity contribution is -0.142. The SMILES string of the molecule is COC(=O)c1c(NC(=O)COC(=O)/C=C/c2cccc(C(F)(F)F)c2)sc2c1CCC2. The van der Waals surface area contributed by atoms with Crippen LogP contribution in [-0.4, -0.2) is 31.6 Å². The Bertz CT molecular complexity index is 1040. The number of rotatable bonds is 6. The van der Waals surface area contributed by atoms with Crippen LogP contribution in [0.15, 0.2) is 30.3 Å². The van der Waals surface area contributed by atoms with Gasteiger partial charge in [-0.3, -0.25) is 4.79 Å². The number of amides is 1. The number of hydrogen-bond donors (Lipinski definition) is 1. The van der Waals surface area contributed by atoms with Crippen LogP contribution in [0.2, 0.25) is 0 Å². The number of methoxy groups -OCH3 is 1. The minimum Gasteiger partial charge on any atom is -0.465 e. The molecule has 0 bridgehead atoms. The maximum Gasteiger partial charge on any atom is 0.416 e. The van der Waals surface area contributed by atoms with Crippen LogP contribution < -0.4 is 5.32 Å². The molecule has 10 heteroatoms. The lowest BCUT2D eigenvalue weighted by Gasteiger charge is -2.07. The van der Waals surface area contributed by atoms with E-state index in [9.17, 15) is 27.6 Å². The Morgan fingerprint density at radius 2 is 2.00 bits per heavy atom. The normalized spacial score (nSPS) is 13.2. The summed E-state index contributed by atoms with van der Waals surface area (Å²) in [5.74, 6) is -2.09. The van der Waals surface area contributed by atoms with E-state index in [1.54, 1.807) is 0 Å². The summed E-state index contributed by atoms with van der Waals surface area (Å²) in [5.41, 5.74) is 0.510. The van der Waals surface area contributed by atoms with Crippen molar-refractivity contribution in [2.45, 2.75) is 25.4 Å². The lowest BCUT2D eigenvalue weighted by atomic mass is 10.1. The lowest BCUT2D eigenvalue weighted by Crippen LogP contribution is -2.21. The number of esters is 2. The van der Waals surface area contributed by atoms with E-state index >= 15 is 0 Å². The summed E-state index contributed by atoms with van der Waals surface area (Å²) in [6.45, 7) is -0.616. The molecule has 1 aromatic carbocycles. The van der Waals surface area contributed by atoms with Gasteiger partial charge in [0.05, 0.1) is 18.2 Å². The molecule has 164 valence electrons. The van der Waals surface area contributed by atoms with E-state index in [0.29, 0.717) is 10.6 Å². The molecule has 31 heavy (non-hydrogen) atoms. The average molecular weight is 453 g/mol. The number of ether oxygens (including phenoxy) is 2. The fourth-order valence-corrected chi connectivity index (χ4v) is 4.43. The average Bonchev–Trinajstić information content (AvgIpc) is 3.30. The highest BCUT2D eigenvalue weighted by Gasteiger charge is 2.30. The summed E-state index contributed by atoms with van der Waals surface area (Å²) in [4.78, 5) is 37.0. The monoisotopic (exact) mass is 453 g/mol. The highest BCUT2D eigenvalue weighted by Crippen LogP contribution is 2.39. The number of benzene rings is 1. The summed E-state index contributed by atoms with van der Waals surface area (Å²) in [7, 11) is 1.26. The number of hydrogen-bond acceptors (Lipinski definition) is 6. The van der Waals surface area contributed by atoms with Gasteiger partial charge in [0.2, 0.25) is 0 Å². The molecular formula is C21H18F3NO5S. The molecule has 1 N–H and O–H groups in total. The predicted molar refractivity (Wildman–Crippen MR) is 108 cm³/mol. The molecule has 0 unspecified atom stereocenters. The van der Waals surface area contributed by atoms with Crippen molar-refractivity contribution in [3.05, 3.63) is 57.5 Å². The zero-order valence-electron chi connectivity index (χ0n) is 16.4. The summed E-state index contributed by atoms with van der Waals surface area (Å²) in [6.07, 6.45) is 0.0658. The molecule has 0 saturated heterocycles. The zero-order valence-corrected chi connectivity index (χ0v) is 17.2. The number of thiophene rings is 1. The third kappa shape index (κ3) is 5.52. The molecule has 0 saturated carbocycles. The van der Waals surface area contributed by atoms with E-state index in [2.05, 4.69) is 5.32 Å². The van der Waals surface area contributed by atoms with Crippen molar-refractivity contribution in [3.63, 3.8) is 0 Å². The molecule has 1 aliphatic carbocycles. The Hall–Kier alpha value is -3.14. The summed E-state index contributed by atoms with van der Waals surface area (Å²) in [6, 6.07) is 4.43. The largest absolute Gasteiger partial charge is 0.465 e. The van der Waals surface area contributed by atoms with E-state index < -0.39 is 36.2 Å². The van der Waals surface area contributed by atoms with Gasteiger partial charge in [0.1, 0.15) is 5.00 Å². The number of aryl methyl sites for hydroxylation is 1. The summed E-state index contributed by atoms with van der Waals surface area (Å²) in [5, 5.41) is 2.91.